The first-order chi connectivity index (χ1) is 8.70. The number of aryl methyl sites for hydroxylation is 1. The lowest BCUT2D eigenvalue weighted by atomic mass is 10.1. The minimum atomic E-state index is 0.0798. The number of benzene rings is 1. The smallest absolute Gasteiger partial charge is 0.221 e. The number of amides is 1. The minimum absolute atomic E-state index is 0.0798. The predicted octanol–water partition coefficient (Wildman–Crippen LogP) is 1.95. The van der Waals surface area contributed by atoms with E-state index in [1.807, 2.05) is 25.1 Å². The summed E-state index contributed by atoms with van der Waals surface area (Å²) in [4.78, 5) is 11.5. The van der Waals surface area contributed by atoms with E-state index in [2.05, 4.69) is 16.7 Å². The molecule has 1 aliphatic carbocycles. The number of anilines is 1. The Bertz CT molecular complexity index is 486. The first-order valence-corrected chi connectivity index (χ1v) is 6.23. The van der Waals surface area contributed by atoms with Crippen molar-refractivity contribution in [3.8, 4) is 6.07 Å². The second kappa shape index (κ2) is 5.54. The summed E-state index contributed by atoms with van der Waals surface area (Å²) in [6, 6.07) is 8.27. The molecule has 4 nitrogen and oxygen atoms in total. The van der Waals surface area contributed by atoms with Crippen LogP contribution >= 0.6 is 0 Å². The molecular formula is C14H17N3O. The van der Waals surface area contributed by atoms with E-state index in [0.717, 1.165) is 24.1 Å². The maximum Gasteiger partial charge on any atom is 0.221 e. The van der Waals surface area contributed by atoms with Gasteiger partial charge in [0.15, 0.2) is 0 Å². The summed E-state index contributed by atoms with van der Waals surface area (Å²) in [7, 11) is 0. The summed E-state index contributed by atoms with van der Waals surface area (Å²) in [5.74, 6) is 0.0798. The van der Waals surface area contributed by atoms with E-state index in [1.165, 1.54) is 0 Å². The average molecular weight is 243 g/mol. The van der Waals surface area contributed by atoms with Crippen LogP contribution < -0.4 is 10.6 Å². The van der Waals surface area contributed by atoms with Crippen LogP contribution in [0.1, 0.15) is 30.4 Å². The molecule has 0 atom stereocenters. The zero-order valence-electron chi connectivity index (χ0n) is 10.5. The van der Waals surface area contributed by atoms with E-state index in [9.17, 15) is 4.79 Å². The first-order valence-electron chi connectivity index (χ1n) is 6.23. The lowest BCUT2D eigenvalue weighted by Crippen LogP contribution is -2.27. The third-order valence-corrected chi connectivity index (χ3v) is 2.99. The fourth-order valence-corrected chi connectivity index (χ4v) is 1.80. The summed E-state index contributed by atoms with van der Waals surface area (Å²) < 4.78 is 0. The molecule has 0 bridgehead atoms. The molecule has 4 heteroatoms. The van der Waals surface area contributed by atoms with Crippen molar-refractivity contribution < 1.29 is 4.79 Å². The van der Waals surface area contributed by atoms with Crippen molar-refractivity contribution in [2.45, 2.75) is 32.2 Å². The number of carbonyl (C=O) groups excluding carboxylic acids is 1. The van der Waals surface area contributed by atoms with Gasteiger partial charge >= 0.3 is 0 Å². The predicted molar refractivity (Wildman–Crippen MR) is 70.2 cm³/mol. The Labute approximate surface area is 107 Å². The Morgan fingerprint density at radius 1 is 1.50 bits per heavy atom. The molecule has 18 heavy (non-hydrogen) atoms. The highest BCUT2D eigenvalue weighted by Crippen LogP contribution is 2.19. The average Bonchev–Trinajstić information content (AvgIpc) is 3.13. The van der Waals surface area contributed by atoms with Gasteiger partial charge < -0.3 is 10.6 Å². The molecule has 94 valence electrons. The molecule has 2 N–H and O–H groups in total. The fourth-order valence-electron chi connectivity index (χ4n) is 1.80. The Morgan fingerprint density at radius 3 is 2.94 bits per heavy atom. The van der Waals surface area contributed by atoms with E-state index in [0.29, 0.717) is 24.6 Å². The lowest BCUT2D eigenvalue weighted by molar-refractivity contribution is -0.120. The molecule has 0 spiro atoms. The molecule has 1 aromatic rings. The summed E-state index contributed by atoms with van der Waals surface area (Å²) in [5.41, 5.74) is 2.40. The van der Waals surface area contributed by atoms with Crippen molar-refractivity contribution in [1.82, 2.24) is 5.32 Å². The van der Waals surface area contributed by atoms with Gasteiger partial charge in [-0.2, -0.15) is 5.26 Å². The van der Waals surface area contributed by atoms with Gasteiger partial charge in [0.2, 0.25) is 5.91 Å². The van der Waals surface area contributed by atoms with E-state index in [4.69, 9.17) is 5.26 Å². The highest BCUT2D eigenvalue weighted by Gasteiger charge is 2.22. The standard InChI is InChI=1S/C14H17N3O/c1-10-3-2-4-13(12(10)9-15)16-8-7-14(18)17-11-5-6-11/h2-4,11,16H,5-8H2,1H3,(H,17,18). The summed E-state index contributed by atoms with van der Waals surface area (Å²) in [6.07, 6.45) is 2.65. The van der Waals surface area contributed by atoms with Gasteiger partial charge in [-0.25, -0.2) is 0 Å². The first kappa shape index (κ1) is 12.4. The van der Waals surface area contributed by atoms with Crippen molar-refractivity contribution in [3.63, 3.8) is 0 Å². The maximum absolute atomic E-state index is 11.5. The quantitative estimate of drug-likeness (QED) is 0.830. The monoisotopic (exact) mass is 243 g/mol. The Balaban J connectivity index is 1.84. The topological polar surface area (TPSA) is 64.9 Å². The number of nitrogens with one attached hydrogen (secondary N) is 2. The Morgan fingerprint density at radius 2 is 2.28 bits per heavy atom. The maximum atomic E-state index is 11.5. The van der Waals surface area contributed by atoms with Gasteiger partial charge in [0.05, 0.1) is 11.3 Å². The fraction of sp³-hybridized carbons (Fsp3) is 0.429. The zero-order chi connectivity index (χ0) is 13.0. The number of hydrogen-bond acceptors (Lipinski definition) is 3. The van der Waals surface area contributed by atoms with Crippen LogP contribution in [0.25, 0.3) is 0 Å². The van der Waals surface area contributed by atoms with Crippen LogP contribution in [0.3, 0.4) is 0 Å². The molecule has 1 amide bonds. The van der Waals surface area contributed by atoms with Crippen LogP contribution in [-0.2, 0) is 4.79 Å². The summed E-state index contributed by atoms with van der Waals surface area (Å²) >= 11 is 0. The molecule has 0 aliphatic heterocycles. The second-order valence-electron chi connectivity index (χ2n) is 4.63. The van der Waals surface area contributed by atoms with E-state index < -0.39 is 0 Å². The minimum Gasteiger partial charge on any atom is -0.383 e. The number of hydrogen-bond donors (Lipinski definition) is 2. The Kier molecular flexibility index (Phi) is 3.83. The van der Waals surface area contributed by atoms with Crippen molar-refractivity contribution in [2.75, 3.05) is 11.9 Å². The van der Waals surface area contributed by atoms with Gasteiger partial charge in [-0.3, -0.25) is 4.79 Å². The lowest BCUT2D eigenvalue weighted by Gasteiger charge is -2.09. The van der Waals surface area contributed by atoms with Crippen LogP contribution in [0.2, 0.25) is 0 Å². The number of nitrogens with zero attached hydrogens (tertiary/aromatic N) is 1. The summed E-state index contributed by atoms with van der Waals surface area (Å²) in [6.45, 7) is 2.46. The van der Waals surface area contributed by atoms with Crippen molar-refractivity contribution in [2.24, 2.45) is 0 Å². The van der Waals surface area contributed by atoms with Crippen LogP contribution in [0, 0.1) is 18.3 Å². The summed E-state index contributed by atoms with van der Waals surface area (Å²) in [5, 5.41) is 15.1. The molecule has 0 saturated heterocycles. The van der Waals surface area contributed by atoms with Crippen molar-refractivity contribution >= 4 is 11.6 Å². The van der Waals surface area contributed by atoms with Gasteiger partial charge in [-0.15, -0.1) is 0 Å². The Hall–Kier alpha value is -2.02. The van der Waals surface area contributed by atoms with Crippen LogP contribution in [0.15, 0.2) is 18.2 Å². The molecule has 1 saturated carbocycles. The highest BCUT2D eigenvalue weighted by molar-refractivity contribution is 5.77. The molecule has 1 aromatic carbocycles. The number of rotatable bonds is 5. The second-order valence-corrected chi connectivity index (χ2v) is 4.63. The largest absolute Gasteiger partial charge is 0.383 e. The molecule has 2 rings (SSSR count). The molecule has 0 unspecified atom stereocenters. The molecule has 0 radical (unpaired) electrons. The molecule has 0 aromatic heterocycles. The molecular weight excluding hydrogens is 226 g/mol. The van der Waals surface area contributed by atoms with E-state index >= 15 is 0 Å². The molecule has 0 heterocycles. The van der Waals surface area contributed by atoms with Crippen molar-refractivity contribution in [3.05, 3.63) is 29.3 Å². The highest BCUT2D eigenvalue weighted by atomic mass is 16.1. The number of nitriles is 1. The van der Waals surface area contributed by atoms with Crippen LogP contribution in [-0.4, -0.2) is 18.5 Å². The zero-order valence-corrected chi connectivity index (χ0v) is 10.5. The normalized spacial score (nSPS) is 13.8. The van der Waals surface area contributed by atoms with E-state index in [1.54, 1.807) is 0 Å². The third-order valence-electron chi connectivity index (χ3n) is 2.99. The van der Waals surface area contributed by atoms with Crippen LogP contribution in [0.5, 0.6) is 0 Å². The molecule has 1 aliphatic rings. The van der Waals surface area contributed by atoms with Gasteiger partial charge in [-0.05, 0) is 31.4 Å². The van der Waals surface area contributed by atoms with Gasteiger partial charge in [0.25, 0.3) is 0 Å². The molecule has 1 fully saturated rings. The number of carbonyl (C=O) groups is 1. The van der Waals surface area contributed by atoms with Gasteiger partial charge in [0.1, 0.15) is 6.07 Å². The van der Waals surface area contributed by atoms with Gasteiger partial charge in [0, 0.05) is 19.0 Å². The SMILES string of the molecule is Cc1cccc(NCCC(=O)NC2CC2)c1C#N. The van der Waals surface area contributed by atoms with Crippen molar-refractivity contribution in [1.29, 1.82) is 5.26 Å². The third kappa shape index (κ3) is 3.24. The van der Waals surface area contributed by atoms with Crippen LogP contribution in [0.4, 0.5) is 5.69 Å². The van der Waals surface area contributed by atoms with E-state index in [-0.39, 0.29) is 5.91 Å². The van der Waals surface area contributed by atoms with Gasteiger partial charge in [-0.1, -0.05) is 12.1 Å².